The Bertz CT molecular complexity index is 1570. The molecule has 1 aliphatic heterocycles. The highest BCUT2D eigenvalue weighted by Gasteiger charge is 2.21. The number of ether oxygens (including phenoxy) is 2. The van der Waals surface area contributed by atoms with Gasteiger partial charge >= 0.3 is 0 Å². The van der Waals surface area contributed by atoms with Crippen molar-refractivity contribution in [1.29, 1.82) is 0 Å². The second-order valence-electron chi connectivity index (χ2n) is 9.57. The molecule has 3 N–H and O–H groups in total. The Morgan fingerprint density at radius 1 is 1.10 bits per heavy atom. The normalized spacial score (nSPS) is 15.5. The molecular formula is C29H31N5O5S. The molecule has 2 aromatic heterocycles. The Hall–Kier alpha value is -4.06. The number of hydrogen-bond acceptors (Lipinski definition) is 9. The number of rotatable bonds is 10. The second kappa shape index (κ2) is 12.0. The first-order valence-electron chi connectivity index (χ1n) is 12.9. The van der Waals surface area contributed by atoms with Crippen molar-refractivity contribution in [1.82, 2.24) is 20.3 Å². The Balaban J connectivity index is 1.20. The quantitative estimate of drug-likeness (QED) is 0.265. The van der Waals surface area contributed by atoms with Crippen molar-refractivity contribution in [3.63, 3.8) is 0 Å². The highest BCUT2D eigenvalue weighted by atomic mass is 32.2. The third-order valence-electron chi connectivity index (χ3n) is 6.63. The summed E-state index contributed by atoms with van der Waals surface area (Å²) >= 11 is 0. The first-order valence-corrected chi connectivity index (χ1v) is 14.4. The van der Waals surface area contributed by atoms with Crippen LogP contribution in [0.25, 0.3) is 11.1 Å². The summed E-state index contributed by atoms with van der Waals surface area (Å²) in [6.45, 7) is 2.78. The molecule has 0 bridgehead atoms. The van der Waals surface area contributed by atoms with Gasteiger partial charge in [-0.15, -0.1) is 0 Å². The molecule has 0 fully saturated rings. The Morgan fingerprint density at radius 2 is 1.90 bits per heavy atom. The SMILES string of the molecule is COc1cc(C)nc(NS(=O)(=O)c2ccc(-c3ccc4c(c3)CC[C@H](CNC[C@H](O)c3cccnc3)O4)cc2)n1. The number of nitrogens with one attached hydrogen (secondary N) is 2. The van der Waals surface area contributed by atoms with Crippen LogP contribution in [0.4, 0.5) is 5.95 Å². The van der Waals surface area contributed by atoms with Crippen molar-refractivity contribution in [2.45, 2.75) is 36.9 Å². The van der Waals surface area contributed by atoms with Crippen LogP contribution >= 0.6 is 0 Å². The summed E-state index contributed by atoms with van der Waals surface area (Å²) in [5.41, 5.74) is 4.33. The zero-order chi connectivity index (χ0) is 28.1. The number of aliphatic hydroxyl groups excluding tert-OH is 1. The number of fused-ring (bicyclic) bond motifs is 1. The van der Waals surface area contributed by atoms with Crippen LogP contribution in [0.5, 0.6) is 11.6 Å². The minimum absolute atomic E-state index is 0.00814. The summed E-state index contributed by atoms with van der Waals surface area (Å²) in [7, 11) is -2.42. The number of nitrogens with zero attached hydrogens (tertiary/aromatic N) is 3. The standard InChI is InChI=1S/C29H31N5O5S/c1-19-14-28(38-2)33-29(32-19)34-40(36,37)25-10-6-20(7-11-25)21-8-12-27-22(15-21)5-9-24(39-27)17-31-18-26(35)23-4-3-13-30-16-23/h3-4,6-8,10-16,24,26,31,35H,5,9,17-18H2,1-2H3,(H,32,33,34)/t24-,26+/m1/s1. The van der Waals surface area contributed by atoms with Gasteiger partial charge in [0.05, 0.1) is 18.1 Å². The highest BCUT2D eigenvalue weighted by molar-refractivity contribution is 7.92. The molecule has 1 aliphatic rings. The number of aryl methyl sites for hydroxylation is 2. The van der Waals surface area contributed by atoms with Crippen LogP contribution in [0.1, 0.15) is 29.3 Å². The number of hydrogen-bond donors (Lipinski definition) is 3. The van der Waals surface area contributed by atoms with E-state index < -0.39 is 16.1 Å². The van der Waals surface area contributed by atoms with Gasteiger partial charge in [0, 0.05) is 42.8 Å². The maximum absolute atomic E-state index is 12.9. The molecule has 4 aromatic rings. The molecule has 0 saturated carbocycles. The fourth-order valence-corrected chi connectivity index (χ4v) is 5.48. The van der Waals surface area contributed by atoms with Crippen LogP contribution in [0.15, 0.2) is 78.0 Å². The maximum Gasteiger partial charge on any atom is 0.264 e. The number of aliphatic hydroxyl groups is 1. The van der Waals surface area contributed by atoms with E-state index in [4.69, 9.17) is 9.47 Å². The van der Waals surface area contributed by atoms with Crippen LogP contribution in [-0.2, 0) is 16.4 Å². The highest BCUT2D eigenvalue weighted by Crippen LogP contribution is 2.32. The molecule has 0 amide bonds. The van der Waals surface area contributed by atoms with Gasteiger partial charge in [-0.3, -0.25) is 4.98 Å². The van der Waals surface area contributed by atoms with Crippen LogP contribution in [0, 0.1) is 6.92 Å². The predicted molar refractivity (Wildman–Crippen MR) is 151 cm³/mol. The van der Waals surface area contributed by atoms with Crippen molar-refractivity contribution in [2.24, 2.45) is 0 Å². The van der Waals surface area contributed by atoms with E-state index in [1.807, 2.05) is 18.2 Å². The van der Waals surface area contributed by atoms with Crippen molar-refractivity contribution < 1.29 is 23.0 Å². The third kappa shape index (κ3) is 6.56. The summed E-state index contributed by atoms with van der Waals surface area (Å²) in [6, 6.07) is 17.9. The summed E-state index contributed by atoms with van der Waals surface area (Å²) in [6.07, 6.45) is 4.44. The van der Waals surface area contributed by atoms with E-state index in [1.54, 1.807) is 55.7 Å². The van der Waals surface area contributed by atoms with Crippen molar-refractivity contribution >= 4 is 16.0 Å². The minimum Gasteiger partial charge on any atom is -0.489 e. The molecule has 3 heterocycles. The second-order valence-corrected chi connectivity index (χ2v) is 11.2. The van der Waals surface area contributed by atoms with Crippen molar-refractivity contribution in [2.75, 3.05) is 24.9 Å². The molecule has 5 rings (SSSR count). The van der Waals surface area contributed by atoms with Crippen LogP contribution in [-0.4, -0.2) is 54.8 Å². The first-order chi connectivity index (χ1) is 19.3. The van der Waals surface area contributed by atoms with Gasteiger partial charge in [0.15, 0.2) is 0 Å². The molecular weight excluding hydrogens is 530 g/mol. The molecule has 0 spiro atoms. The van der Waals surface area contributed by atoms with Crippen LogP contribution in [0.2, 0.25) is 0 Å². The van der Waals surface area contributed by atoms with Gasteiger partial charge in [-0.1, -0.05) is 24.3 Å². The molecule has 40 heavy (non-hydrogen) atoms. The van der Waals surface area contributed by atoms with Gasteiger partial charge in [-0.2, -0.15) is 4.98 Å². The predicted octanol–water partition coefficient (Wildman–Crippen LogP) is 3.67. The Morgan fingerprint density at radius 3 is 2.65 bits per heavy atom. The van der Waals surface area contributed by atoms with Gasteiger partial charge in [0.25, 0.3) is 10.0 Å². The van der Waals surface area contributed by atoms with E-state index >= 15 is 0 Å². The van der Waals surface area contributed by atoms with Gasteiger partial charge in [-0.05, 0) is 66.8 Å². The molecule has 208 valence electrons. The summed E-state index contributed by atoms with van der Waals surface area (Å²) in [5.74, 6) is 1.07. The van der Waals surface area contributed by atoms with E-state index in [0.29, 0.717) is 18.8 Å². The summed E-state index contributed by atoms with van der Waals surface area (Å²) in [4.78, 5) is 12.3. The monoisotopic (exact) mass is 561 g/mol. The number of benzene rings is 2. The summed E-state index contributed by atoms with van der Waals surface area (Å²) < 4.78 is 39.5. The molecule has 0 saturated heterocycles. The van der Waals surface area contributed by atoms with Crippen LogP contribution in [0.3, 0.4) is 0 Å². The molecule has 0 aliphatic carbocycles. The summed E-state index contributed by atoms with van der Waals surface area (Å²) in [5, 5.41) is 13.6. The fraction of sp³-hybridized carbons (Fsp3) is 0.276. The molecule has 11 heteroatoms. The largest absolute Gasteiger partial charge is 0.489 e. The average molecular weight is 562 g/mol. The lowest BCUT2D eigenvalue weighted by Gasteiger charge is -2.27. The fourth-order valence-electron chi connectivity index (χ4n) is 4.54. The van der Waals surface area contributed by atoms with Crippen molar-refractivity contribution in [3.8, 4) is 22.8 Å². The number of aromatic nitrogens is 3. The van der Waals surface area contributed by atoms with E-state index in [-0.39, 0.29) is 22.8 Å². The number of anilines is 1. The zero-order valence-corrected chi connectivity index (χ0v) is 23.1. The van der Waals surface area contributed by atoms with Crippen molar-refractivity contribution in [3.05, 3.63) is 89.9 Å². The third-order valence-corrected chi connectivity index (χ3v) is 7.98. The average Bonchev–Trinajstić information content (AvgIpc) is 2.96. The molecule has 2 aromatic carbocycles. The molecule has 0 unspecified atom stereocenters. The zero-order valence-electron chi connectivity index (χ0n) is 22.2. The van der Waals surface area contributed by atoms with E-state index in [2.05, 4.69) is 31.1 Å². The minimum atomic E-state index is -3.88. The lowest BCUT2D eigenvalue weighted by atomic mass is 9.97. The number of methoxy groups -OCH3 is 1. The molecule has 2 atom stereocenters. The van der Waals surface area contributed by atoms with Gasteiger partial charge < -0.3 is 19.9 Å². The van der Waals surface area contributed by atoms with E-state index in [0.717, 1.165) is 40.8 Å². The van der Waals surface area contributed by atoms with E-state index in [1.165, 1.54) is 7.11 Å². The number of sulfonamides is 1. The van der Waals surface area contributed by atoms with E-state index in [9.17, 15) is 13.5 Å². The lowest BCUT2D eigenvalue weighted by Crippen LogP contribution is -2.36. The van der Waals surface area contributed by atoms with Gasteiger partial charge in [0.1, 0.15) is 11.9 Å². The Kier molecular flexibility index (Phi) is 8.24. The lowest BCUT2D eigenvalue weighted by molar-refractivity contribution is 0.146. The molecule has 10 nitrogen and oxygen atoms in total. The van der Waals surface area contributed by atoms with Gasteiger partial charge in [0.2, 0.25) is 11.8 Å². The Labute approximate surface area is 233 Å². The smallest absolute Gasteiger partial charge is 0.264 e. The first kappa shape index (κ1) is 27.5. The van der Waals surface area contributed by atoms with Crippen LogP contribution < -0.4 is 19.5 Å². The number of pyridine rings is 1. The topological polar surface area (TPSA) is 136 Å². The molecule has 0 radical (unpaired) electrons. The van der Waals surface area contributed by atoms with Gasteiger partial charge in [-0.25, -0.2) is 18.1 Å². The maximum atomic E-state index is 12.9.